The van der Waals surface area contributed by atoms with E-state index in [1.165, 1.54) is 34.9 Å². The maximum absolute atomic E-state index is 14.5. The average molecular weight is 716 g/mol. The van der Waals surface area contributed by atoms with E-state index in [-0.39, 0.29) is 35.1 Å². The molecule has 3 aromatic carbocycles. The molecule has 0 unspecified atom stereocenters. The molecule has 4 atom stereocenters. The lowest BCUT2D eigenvalue weighted by atomic mass is 10.00. The number of carbonyl (C=O) groups is 5. The van der Waals surface area contributed by atoms with Gasteiger partial charge >= 0.3 is 0 Å². The van der Waals surface area contributed by atoms with E-state index in [4.69, 9.17) is 0 Å². The standard InChI is InChI=1S/C38H45N5O7S/c1-25(2)34-36(46)40-29(21-27-13-6-4-7-14-27)22-42(23-33(44)39-26(3)37(47)43-20-12-18-31(43)35(45)41-34)38(48)30-17-10-11-19-32(30)51(49,50)24-28-15-8-5-9-16-28/h4-11,13-17,19,25-26,29,31,34H,12,18,20-24H2,1-3H3,(H,39,44)(H,40,46)(H,41,45)/t26-,29-,31+,34-/m0/s1. The van der Waals surface area contributed by atoms with E-state index in [9.17, 15) is 32.4 Å². The molecule has 0 aliphatic carbocycles. The first kappa shape index (κ1) is 37.2. The number of hydrogen-bond acceptors (Lipinski definition) is 7. The third-order valence-corrected chi connectivity index (χ3v) is 11.0. The van der Waals surface area contributed by atoms with Gasteiger partial charge < -0.3 is 25.8 Å². The van der Waals surface area contributed by atoms with Crippen molar-refractivity contribution < 1.29 is 32.4 Å². The van der Waals surface area contributed by atoms with E-state index in [2.05, 4.69) is 16.0 Å². The van der Waals surface area contributed by atoms with E-state index in [0.717, 1.165) is 5.56 Å². The van der Waals surface area contributed by atoms with Crippen LogP contribution in [0.4, 0.5) is 0 Å². The zero-order valence-electron chi connectivity index (χ0n) is 29.1. The number of amides is 5. The van der Waals surface area contributed by atoms with Gasteiger partial charge in [0.25, 0.3) is 5.91 Å². The van der Waals surface area contributed by atoms with Crippen molar-refractivity contribution >= 4 is 39.4 Å². The minimum Gasteiger partial charge on any atom is -0.349 e. The Bertz CT molecular complexity index is 1850. The normalized spacial score (nSPS) is 22.4. The molecule has 270 valence electrons. The Labute approximate surface area is 298 Å². The summed E-state index contributed by atoms with van der Waals surface area (Å²) in [6.45, 7) is 4.72. The predicted molar refractivity (Wildman–Crippen MR) is 191 cm³/mol. The maximum atomic E-state index is 14.5. The monoisotopic (exact) mass is 715 g/mol. The molecule has 5 amide bonds. The average Bonchev–Trinajstić information content (AvgIpc) is 3.60. The highest BCUT2D eigenvalue weighted by atomic mass is 32.2. The zero-order valence-corrected chi connectivity index (χ0v) is 29.9. The summed E-state index contributed by atoms with van der Waals surface area (Å²) < 4.78 is 27.5. The number of fused-ring (bicyclic) bond motifs is 1. The highest BCUT2D eigenvalue weighted by molar-refractivity contribution is 7.90. The molecule has 2 heterocycles. The van der Waals surface area contributed by atoms with Crippen LogP contribution in [0.1, 0.15) is 55.1 Å². The van der Waals surface area contributed by atoms with E-state index < -0.39 is 70.1 Å². The van der Waals surface area contributed by atoms with Crippen molar-refractivity contribution in [1.29, 1.82) is 0 Å². The minimum atomic E-state index is -4.02. The molecule has 13 heteroatoms. The summed E-state index contributed by atoms with van der Waals surface area (Å²) in [5, 5.41) is 8.55. The van der Waals surface area contributed by atoms with Crippen LogP contribution in [0, 0.1) is 5.92 Å². The first-order valence-corrected chi connectivity index (χ1v) is 18.9. The lowest BCUT2D eigenvalue weighted by molar-refractivity contribution is -0.142. The lowest BCUT2D eigenvalue weighted by Gasteiger charge is -2.31. The molecule has 0 saturated carbocycles. The zero-order chi connectivity index (χ0) is 36.7. The van der Waals surface area contributed by atoms with Gasteiger partial charge in [-0.1, -0.05) is 86.6 Å². The SMILES string of the molecule is CC(C)[C@@H]1NC(=O)[C@H]2CCCN2C(=O)[C@H](C)NC(=O)CN(C(=O)c2ccccc2S(=O)(=O)Cc2ccccc2)C[C@H](Cc2ccccc2)NC1=O. The molecular weight excluding hydrogens is 671 g/mol. The molecule has 51 heavy (non-hydrogen) atoms. The molecule has 0 radical (unpaired) electrons. The number of sulfone groups is 1. The number of nitrogens with one attached hydrogen (secondary N) is 3. The van der Waals surface area contributed by atoms with Gasteiger partial charge in [-0.3, -0.25) is 24.0 Å². The van der Waals surface area contributed by atoms with Crippen molar-refractivity contribution in [1.82, 2.24) is 25.8 Å². The molecule has 5 rings (SSSR count). The Morgan fingerprint density at radius 1 is 0.824 bits per heavy atom. The van der Waals surface area contributed by atoms with Crippen LogP contribution in [-0.4, -0.2) is 91.6 Å². The number of benzene rings is 3. The van der Waals surface area contributed by atoms with Crippen LogP contribution >= 0.6 is 0 Å². The Balaban J connectivity index is 1.55. The quantitative estimate of drug-likeness (QED) is 0.339. The third-order valence-electron chi connectivity index (χ3n) is 9.22. The van der Waals surface area contributed by atoms with Crippen LogP contribution in [0.3, 0.4) is 0 Å². The summed E-state index contributed by atoms with van der Waals surface area (Å²) in [6, 6.07) is 20.2. The van der Waals surface area contributed by atoms with Crippen molar-refractivity contribution in [2.75, 3.05) is 19.6 Å². The van der Waals surface area contributed by atoms with E-state index in [1.807, 2.05) is 30.3 Å². The van der Waals surface area contributed by atoms with Crippen LogP contribution in [0.25, 0.3) is 0 Å². The second-order valence-corrected chi connectivity index (χ2v) is 15.5. The molecule has 3 aromatic rings. The number of nitrogens with zero attached hydrogens (tertiary/aromatic N) is 2. The Morgan fingerprint density at radius 3 is 2.12 bits per heavy atom. The first-order chi connectivity index (χ1) is 24.3. The molecule has 0 aromatic heterocycles. The van der Waals surface area contributed by atoms with Crippen LogP contribution in [0.2, 0.25) is 0 Å². The van der Waals surface area contributed by atoms with Gasteiger partial charge in [-0.2, -0.15) is 0 Å². The largest absolute Gasteiger partial charge is 0.349 e. The molecule has 2 aliphatic rings. The Hall–Kier alpha value is -5.04. The van der Waals surface area contributed by atoms with Gasteiger partial charge in [-0.15, -0.1) is 0 Å². The summed E-state index contributed by atoms with van der Waals surface area (Å²) in [5.74, 6) is -3.46. The summed E-state index contributed by atoms with van der Waals surface area (Å²) in [7, 11) is -4.02. The van der Waals surface area contributed by atoms with Gasteiger partial charge in [0.15, 0.2) is 9.84 Å². The highest BCUT2D eigenvalue weighted by Crippen LogP contribution is 2.24. The van der Waals surface area contributed by atoms with Crippen molar-refractivity contribution in [3.05, 3.63) is 102 Å². The lowest BCUT2D eigenvalue weighted by Crippen LogP contribution is -2.58. The molecule has 3 N–H and O–H groups in total. The van der Waals surface area contributed by atoms with Gasteiger partial charge in [0, 0.05) is 13.1 Å². The maximum Gasteiger partial charge on any atom is 0.255 e. The second-order valence-electron chi connectivity index (χ2n) is 13.5. The number of hydrogen-bond donors (Lipinski definition) is 3. The molecule has 12 nitrogen and oxygen atoms in total. The van der Waals surface area contributed by atoms with Gasteiger partial charge in [-0.25, -0.2) is 8.42 Å². The van der Waals surface area contributed by atoms with Crippen molar-refractivity contribution in [3.8, 4) is 0 Å². The topological polar surface area (TPSA) is 162 Å². The molecular formula is C38H45N5O7S. The van der Waals surface area contributed by atoms with Gasteiger partial charge in [0.05, 0.1) is 28.8 Å². The fraction of sp³-hybridized carbons (Fsp3) is 0.395. The molecule has 0 spiro atoms. The molecule has 2 fully saturated rings. The van der Waals surface area contributed by atoms with Crippen LogP contribution in [0.15, 0.2) is 89.8 Å². The second kappa shape index (κ2) is 16.3. The van der Waals surface area contributed by atoms with Gasteiger partial charge in [0.1, 0.15) is 18.1 Å². The first-order valence-electron chi connectivity index (χ1n) is 17.2. The number of carbonyl (C=O) groups excluding carboxylic acids is 5. The summed E-state index contributed by atoms with van der Waals surface area (Å²) in [6.07, 6.45) is 1.25. The van der Waals surface area contributed by atoms with E-state index in [1.54, 1.807) is 50.2 Å². The van der Waals surface area contributed by atoms with E-state index in [0.29, 0.717) is 24.9 Å². The van der Waals surface area contributed by atoms with Crippen molar-refractivity contribution in [2.45, 2.75) is 74.8 Å². The number of rotatable bonds is 7. The summed E-state index contributed by atoms with van der Waals surface area (Å²) >= 11 is 0. The third kappa shape index (κ3) is 9.20. The van der Waals surface area contributed by atoms with Gasteiger partial charge in [-0.05, 0) is 55.4 Å². The van der Waals surface area contributed by atoms with Crippen LogP contribution in [-0.2, 0) is 41.2 Å². The van der Waals surface area contributed by atoms with E-state index >= 15 is 0 Å². The molecule has 2 aliphatic heterocycles. The molecule has 0 bridgehead atoms. The van der Waals surface area contributed by atoms with Crippen molar-refractivity contribution in [2.24, 2.45) is 5.92 Å². The van der Waals surface area contributed by atoms with Crippen LogP contribution in [0.5, 0.6) is 0 Å². The fourth-order valence-corrected chi connectivity index (χ4v) is 8.21. The fourth-order valence-electron chi connectivity index (χ4n) is 6.65. The smallest absolute Gasteiger partial charge is 0.255 e. The predicted octanol–water partition coefficient (Wildman–Crippen LogP) is 2.48. The van der Waals surface area contributed by atoms with Crippen LogP contribution < -0.4 is 16.0 Å². The highest BCUT2D eigenvalue weighted by Gasteiger charge is 2.39. The summed E-state index contributed by atoms with van der Waals surface area (Å²) in [5.41, 5.74) is 1.26. The van der Waals surface area contributed by atoms with Crippen molar-refractivity contribution in [3.63, 3.8) is 0 Å². The Kier molecular flexibility index (Phi) is 11.9. The molecule has 2 saturated heterocycles. The Morgan fingerprint density at radius 2 is 1.45 bits per heavy atom. The minimum absolute atomic E-state index is 0.125. The summed E-state index contributed by atoms with van der Waals surface area (Å²) in [4.78, 5) is 71.6. The van der Waals surface area contributed by atoms with Gasteiger partial charge in [0.2, 0.25) is 23.6 Å².